The molecule has 4 rings (SSSR count). The highest BCUT2D eigenvalue weighted by molar-refractivity contribution is 5.83. The number of ether oxygens (including phenoxy) is 1. The van der Waals surface area contributed by atoms with Gasteiger partial charge in [0.1, 0.15) is 13.2 Å². The van der Waals surface area contributed by atoms with Crippen molar-refractivity contribution in [3.8, 4) is 0 Å². The summed E-state index contributed by atoms with van der Waals surface area (Å²) in [6.45, 7) is 2.87. The number of esters is 1. The summed E-state index contributed by atoms with van der Waals surface area (Å²) < 4.78 is 6.85. The van der Waals surface area contributed by atoms with Gasteiger partial charge in [-0.05, 0) is 38.8 Å². The predicted octanol–water partition coefficient (Wildman–Crippen LogP) is 0.475. The number of likely N-dealkylation sites (tertiary alicyclic amines) is 1. The Kier molecular flexibility index (Phi) is 5.11. The zero-order valence-corrected chi connectivity index (χ0v) is 15.4. The molecule has 27 heavy (non-hydrogen) atoms. The lowest BCUT2D eigenvalue weighted by Gasteiger charge is -2.30. The average molecular weight is 375 g/mol. The van der Waals surface area contributed by atoms with Crippen LogP contribution in [0.3, 0.4) is 0 Å². The van der Waals surface area contributed by atoms with Crippen molar-refractivity contribution in [3.63, 3.8) is 0 Å². The maximum absolute atomic E-state index is 12.8. The van der Waals surface area contributed by atoms with Crippen molar-refractivity contribution >= 4 is 17.9 Å². The molecule has 1 aromatic heterocycles. The molecule has 0 radical (unpaired) electrons. The third-order valence-corrected chi connectivity index (χ3v) is 5.53. The molecule has 0 spiro atoms. The first kappa shape index (κ1) is 18.0. The van der Waals surface area contributed by atoms with E-state index in [4.69, 9.17) is 4.74 Å². The predicted molar refractivity (Wildman–Crippen MR) is 94.7 cm³/mol. The van der Waals surface area contributed by atoms with E-state index in [0.717, 1.165) is 44.5 Å². The van der Waals surface area contributed by atoms with Crippen LogP contribution in [0.2, 0.25) is 0 Å². The Hall–Kier alpha value is -2.42. The minimum absolute atomic E-state index is 0.00676. The number of imidazole rings is 1. The molecule has 9 heteroatoms. The molecule has 4 heterocycles. The lowest BCUT2D eigenvalue weighted by atomic mass is 10.1. The number of nitrogens with zero attached hydrogens (tertiary/aromatic N) is 4. The fourth-order valence-electron chi connectivity index (χ4n) is 4.03. The summed E-state index contributed by atoms with van der Waals surface area (Å²) in [5.74, 6) is -0.0410. The number of aromatic nitrogens is 2. The second-order valence-electron chi connectivity index (χ2n) is 7.33. The van der Waals surface area contributed by atoms with Crippen LogP contribution < -0.4 is 5.32 Å². The molecule has 0 atom stereocenters. The first-order valence-corrected chi connectivity index (χ1v) is 9.64. The van der Waals surface area contributed by atoms with Gasteiger partial charge in [0.25, 0.3) is 0 Å². The van der Waals surface area contributed by atoms with Crippen molar-refractivity contribution in [3.05, 3.63) is 17.7 Å². The smallest absolute Gasteiger partial charge is 0.330 e. The number of rotatable bonds is 5. The van der Waals surface area contributed by atoms with E-state index in [2.05, 4.69) is 10.3 Å². The number of piperidine rings is 2. The third kappa shape index (κ3) is 3.69. The second kappa shape index (κ2) is 7.67. The Morgan fingerprint density at radius 3 is 2.85 bits per heavy atom. The highest BCUT2D eigenvalue weighted by Crippen LogP contribution is 2.24. The van der Waals surface area contributed by atoms with E-state index < -0.39 is 5.97 Å². The van der Waals surface area contributed by atoms with Gasteiger partial charge in [0.05, 0.1) is 18.4 Å². The molecule has 0 aliphatic carbocycles. The van der Waals surface area contributed by atoms with Crippen LogP contribution in [0.1, 0.15) is 43.6 Å². The molecule has 2 amide bonds. The monoisotopic (exact) mass is 375 g/mol. The van der Waals surface area contributed by atoms with Crippen molar-refractivity contribution in [1.82, 2.24) is 24.7 Å². The summed E-state index contributed by atoms with van der Waals surface area (Å²) in [6.07, 6.45) is 5.84. The molecule has 0 bridgehead atoms. The van der Waals surface area contributed by atoms with E-state index in [9.17, 15) is 14.4 Å². The zero-order valence-electron chi connectivity index (χ0n) is 15.4. The van der Waals surface area contributed by atoms with Crippen LogP contribution in [0.25, 0.3) is 0 Å². The van der Waals surface area contributed by atoms with E-state index in [0.29, 0.717) is 25.3 Å². The van der Waals surface area contributed by atoms with Crippen molar-refractivity contribution < 1.29 is 19.1 Å². The Morgan fingerprint density at radius 2 is 2.07 bits per heavy atom. The molecule has 146 valence electrons. The van der Waals surface area contributed by atoms with Gasteiger partial charge in [0.15, 0.2) is 5.82 Å². The standard InChI is InChI=1S/C18H25N5O4/c24-16-3-1-2-8-21(16)11-17(25)27-12-15-20-9-14-10-22(18(26)23(14)15)13-4-6-19-7-5-13/h9,13,19H,1-8,10-12H2. The number of carbonyl (C=O) groups excluding carboxylic acids is 3. The zero-order chi connectivity index (χ0) is 18.8. The van der Waals surface area contributed by atoms with Crippen molar-refractivity contribution in [2.24, 2.45) is 0 Å². The fourth-order valence-corrected chi connectivity index (χ4v) is 4.03. The number of nitrogens with one attached hydrogen (secondary N) is 1. The van der Waals surface area contributed by atoms with Gasteiger partial charge in [-0.25, -0.2) is 14.3 Å². The van der Waals surface area contributed by atoms with E-state index in [1.165, 1.54) is 4.90 Å². The average Bonchev–Trinajstić information content (AvgIpc) is 3.23. The summed E-state index contributed by atoms with van der Waals surface area (Å²) in [5.41, 5.74) is 0.829. The molecule has 2 fully saturated rings. The summed E-state index contributed by atoms with van der Waals surface area (Å²) in [7, 11) is 0. The molecular formula is C18H25N5O4. The number of amides is 2. The lowest BCUT2D eigenvalue weighted by Crippen LogP contribution is -2.44. The van der Waals surface area contributed by atoms with Gasteiger partial charge < -0.3 is 19.9 Å². The second-order valence-corrected chi connectivity index (χ2v) is 7.33. The summed E-state index contributed by atoms with van der Waals surface area (Å²) in [5, 5.41) is 3.31. The third-order valence-electron chi connectivity index (χ3n) is 5.53. The molecular weight excluding hydrogens is 350 g/mol. The molecule has 1 aromatic rings. The SMILES string of the molecule is O=C(CN1CCCCC1=O)OCc1ncc2n1C(=O)N(C1CCNCC1)C2. The van der Waals surface area contributed by atoms with Crippen LogP contribution in [0.15, 0.2) is 6.20 Å². The van der Waals surface area contributed by atoms with Crippen molar-refractivity contribution in [2.75, 3.05) is 26.2 Å². The topological polar surface area (TPSA) is 96.8 Å². The molecule has 1 N–H and O–H groups in total. The molecule has 3 aliphatic heterocycles. The van der Waals surface area contributed by atoms with Crippen LogP contribution in [0, 0.1) is 0 Å². The highest BCUT2D eigenvalue weighted by Gasteiger charge is 2.35. The van der Waals surface area contributed by atoms with E-state index in [1.54, 1.807) is 10.8 Å². The Labute approximate surface area is 157 Å². The number of fused-ring (bicyclic) bond motifs is 1. The van der Waals surface area contributed by atoms with E-state index >= 15 is 0 Å². The lowest BCUT2D eigenvalue weighted by molar-refractivity contribution is -0.151. The highest BCUT2D eigenvalue weighted by atomic mass is 16.5. The number of hydrogen-bond donors (Lipinski definition) is 1. The van der Waals surface area contributed by atoms with E-state index in [-0.39, 0.29) is 31.1 Å². The Bertz CT molecular complexity index is 740. The summed E-state index contributed by atoms with van der Waals surface area (Å²) >= 11 is 0. The first-order valence-electron chi connectivity index (χ1n) is 9.64. The van der Waals surface area contributed by atoms with Gasteiger partial charge >= 0.3 is 12.0 Å². The minimum atomic E-state index is -0.469. The van der Waals surface area contributed by atoms with Crippen LogP contribution in [0.4, 0.5) is 4.79 Å². The Balaban J connectivity index is 1.34. The van der Waals surface area contributed by atoms with Crippen LogP contribution in [-0.4, -0.2) is 69.5 Å². The van der Waals surface area contributed by atoms with Gasteiger partial charge in [-0.2, -0.15) is 0 Å². The summed E-state index contributed by atoms with van der Waals surface area (Å²) in [4.78, 5) is 44.4. The van der Waals surface area contributed by atoms with Crippen molar-refractivity contribution in [2.45, 2.75) is 51.3 Å². The van der Waals surface area contributed by atoms with Gasteiger partial charge in [-0.3, -0.25) is 9.59 Å². The maximum Gasteiger partial charge on any atom is 0.330 e. The molecule has 2 saturated heterocycles. The molecule has 0 unspecified atom stereocenters. The van der Waals surface area contributed by atoms with Crippen molar-refractivity contribution in [1.29, 1.82) is 0 Å². The van der Waals surface area contributed by atoms with Crippen LogP contribution in [0.5, 0.6) is 0 Å². The van der Waals surface area contributed by atoms with Gasteiger partial charge in [-0.15, -0.1) is 0 Å². The summed E-state index contributed by atoms with van der Waals surface area (Å²) in [6, 6.07) is 0.144. The van der Waals surface area contributed by atoms with Crippen LogP contribution >= 0.6 is 0 Å². The van der Waals surface area contributed by atoms with Gasteiger partial charge in [-0.1, -0.05) is 0 Å². The molecule has 9 nitrogen and oxygen atoms in total. The molecule has 0 aromatic carbocycles. The minimum Gasteiger partial charge on any atom is -0.456 e. The van der Waals surface area contributed by atoms with Crippen LogP contribution in [-0.2, 0) is 27.5 Å². The molecule has 0 saturated carbocycles. The number of carbonyl (C=O) groups is 3. The largest absolute Gasteiger partial charge is 0.456 e. The van der Waals surface area contributed by atoms with Gasteiger partial charge in [0.2, 0.25) is 5.91 Å². The van der Waals surface area contributed by atoms with E-state index in [1.807, 2.05) is 4.90 Å². The molecule has 3 aliphatic rings. The first-order chi connectivity index (χ1) is 13.1. The Morgan fingerprint density at radius 1 is 1.26 bits per heavy atom. The fraction of sp³-hybridized carbons (Fsp3) is 0.667. The maximum atomic E-state index is 12.8. The van der Waals surface area contributed by atoms with Gasteiger partial charge in [0, 0.05) is 19.0 Å². The number of hydrogen-bond acceptors (Lipinski definition) is 6. The normalized spacial score (nSPS) is 20.9. The quantitative estimate of drug-likeness (QED) is 0.752.